The van der Waals surface area contributed by atoms with E-state index in [1.807, 2.05) is 42.6 Å². The fourth-order valence-electron chi connectivity index (χ4n) is 8.32. The summed E-state index contributed by atoms with van der Waals surface area (Å²) in [5.41, 5.74) is 8.91. The lowest BCUT2D eigenvalue weighted by Crippen LogP contribution is -2.46. The highest BCUT2D eigenvalue weighted by Gasteiger charge is 2.34. The third-order valence-corrected chi connectivity index (χ3v) is 12.4. The Kier molecular flexibility index (Phi) is 26.2. The molecule has 362 valence electrons. The summed E-state index contributed by atoms with van der Waals surface area (Å²) in [6.45, 7) is 7.39. The standard InChI is InChI=1S/C53H77N5O8/c1-5-7-8-9-10-11-12-13-14-15-16-17-18-19-20-21-22-23-24-28-35-66-53(65)38(3)36-45(59)44(37-46(60)43(6-2)40-29-26-25-27-30-40)50(62)55-41-31-33-42(34-32-41)57-58-48-39(4)47(49(54)61)51(63)56-52(48)64/h25-27,29-34,38,43-44,57H,5-24,28,35-37H2,1-4H3,(H2,54,61)(H,55,62)(H,56,63,64)/b58-48-. The molecule has 1 aliphatic heterocycles. The van der Waals surface area contributed by atoms with Gasteiger partial charge in [-0.1, -0.05) is 173 Å². The molecule has 0 bridgehead atoms. The zero-order valence-electron chi connectivity index (χ0n) is 40.2. The van der Waals surface area contributed by atoms with Gasteiger partial charge in [-0.3, -0.25) is 44.3 Å². The van der Waals surface area contributed by atoms with Crippen molar-refractivity contribution in [3.05, 3.63) is 71.3 Å². The Morgan fingerprint density at radius 2 is 1.15 bits per heavy atom. The number of ether oxygens (including phenoxy) is 1. The van der Waals surface area contributed by atoms with E-state index in [0.29, 0.717) is 17.8 Å². The molecule has 3 unspecified atom stereocenters. The summed E-state index contributed by atoms with van der Waals surface area (Å²) in [5, 5.41) is 8.81. The third kappa shape index (κ3) is 20.0. The predicted octanol–water partition coefficient (Wildman–Crippen LogP) is 10.6. The number of amides is 4. The molecule has 1 aliphatic rings. The summed E-state index contributed by atoms with van der Waals surface area (Å²) in [4.78, 5) is 90.5. The summed E-state index contributed by atoms with van der Waals surface area (Å²) >= 11 is 0. The van der Waals surface area contributed by atoms with E-state index in [2.05, 4.69) is 22.8 Å². The van der Waals surface area contributed by atoms with Gasteiger partial charge in [-0.2, -0.15) is 5.10 Å². The number of esters is 1. The number of carbonyl (C=O) groups is 7. The summed E-state index contributed by atoms with van der Waals surface area (Å²) in [7, 11) is 0. The van der Waals surface area contributed by atoms with Crippen molar-refractivity contribution in [2.75, 3.05) is 17.3 Å². The van der Waals surface area contributed by atoms with Gasteiger partial charge in [0.15, 0.2) is 5.71 Å². The van der Waals surface area contributed by atoms with Gasteiger partial charge in [0.2, 0.25) is 5.91 Å². The number of nitrogens with zero attached hydrogens (tertiary/aromatic N) is 1. The fraction of sp³-hybridized carbons (Fsp3) is 0.585. The van der Waals surface area contributed by atoms with Crippen LogP contribution in [0.3, 0.4) is 0 Å². The van der Waals surface area contributed by atoms with Crippen molar-refractivity contribution in [3.63, 3.8) is 0 Å². The molecule has 5 N–H and O–H groups in total. The van der Waals surface area contributed by atoms with E-state index in [9.17, 15) is 33.6 Å². The smallest absolute Gasteiger partial charge is 0.309 e. The molecular formula is C53H77N5O8. The lowest BCUT2D eigenvalue weighted by molar-refractivity contribution is -0.150. The topological polar surface area (TPSA) is 203 Å². The van der Waals surface area contributed by atoms with Gasteiger partial charge in [-0.15, -0.1) is 0 Å². The minimum Gasteiger partial charge on any atom is -0.465 e. The number of ketones is 2. The number of nitrogens with two attached hydrogens (primary N) is 1. The molecule has 2 aromatic rings. The summed E-state index contributed by atoms with van der Waals surface area (Å²) < 4.78 is 5.54. The average molecular weight is 912 g/mol. The molecule has 0 aromatic heterocycles. The first-order valence-corrected chi connectivity index (χ1v) is 24.8. The van der Waals surface area contributed by atoms with Gasteiger partial charge in [0, 0.05) is 30.0 Å². The number of hydrogen-bond acceptors (Lipinski definition) is 10. The van der Waals surface area contributed by atoms with E-state index in [0.717, 1.165) is 24.8 Å². The lowest BCUT2D eigenvalue weighted by Gasteiger charge is -2.20. The van der Waals surface area contributed by atoms with E-state index < -0.39 is 53.1 Å². The van der Waals surface area contributed by atoms with Crippen molar-refractivity contribution < 1.29 is 38.3 Å². The Morgan fingerprint density at radius 1 is 0.652 bits per heavy atom. The van der Waals surface area contributed by atoms with Gasteiger partial charge in [-0.05, 0) is 49.6 Å². The molecule has 2 aromatic carbocycles. The number of benzene rings is 2. The highest BCUT2D eigenvalue weighted by atomic mass is 16.5. The van der Waals surface area contributed by atoms with Gasteiger partial charge in [0.25, 0.3) is 17.7 Å². The minimum absolute atomic E-state index is 0.0177. The van der Waals surface area contributed by atoms with Gasteiger partial charge in [0.1, 0.15) is 23.1 Å². The van der Waals surface area contributed by atoms with Crippen LogP contribution >= 0.6 is 0 Å². The SMILES string of the molecule is CCCCCCCCCCCCCCCCCCCCCCOC(=O)C(C)CC(=O)C(CC(=O)C(CC)c1ccccc1)C(=O)Nc1ccc(N/N=C2\C(=O)NC(=O)C(C(N)=O)=C2C)cc1. The van der Waals surface area contributed by atoms with Gasteiger partial charge >= 0.3 is 5.97 Å². The van der Waals surface area contributed by atoms with Crippen molar-refractivity contribution >= 4 is 58.3 Å². The maximum atomic E-state index is 13.8. The molecule has 0 saturated heterocycles. The molecular weight excluding hydrogens is 835 g/mol. The van der Waals surface area contributed by atoms with Crippen molar-refractivity contribution in [3.8, 4) is 0 Å². The quantitative estimate of drug-likeness (QED) is 0.0130. The van der Waals surface area contributed by atoms with Crippen LogP contribution in [0, 0.1) is 11.8 Å². The largest absolute Gasteiger partial charge is 0.465 e. The Bertz CT molecular complexity index is 1930. The number of nitrogens with one attached hydrogen (secondary N) is 3. The second-order valence-electron chi connectivity index (χ2n) is 17.8. The zero-order chi connectivity index (χ0) is 48.1. The highest BCUT2D eigenvalue weighted by molar-refractivity contribution is 6.52. The number of hydrazone groups is 1. The van der Waals surface area contributed by atoms with Crippen LogP contribution in [0.25, 0.3) is 0 Å². The maximum Gasteiger partial charge on any atom is 0.309 e. The first kappa shape index (κ1) is 54.9. The Hall–Kier alpha value is -5.46. The van der Waals surface area contributed by atoms with Crippen LogP contribution in [0.15, 0.2) is 70.8 Å². The molecule has 0 radical (unpaired) electrons. The van der Waals surface area contributed by atoms with Gasteiger partial charge in [0.05, 0.1) is 18.2 Å². The normalized spacial score (nSPS) is 14.6. The fourth-order valence-corrected chi connectivity index (χ4v) is 8.32. The Morgan fingerprint density at radius 3 is 1.65 bits per heavy atom. The van der Waals surface area contributed by atoms with E-state index in [-0.39, 0.29) is 42.1 Å². The number of unbranched alkanes of at least 4 members (excludes halogenated alkanes) is 19. The number of anilines is 2. The van der Waals surface area contributed by atoms with E-state index >= 15 is 0 Å². The molecule has 66 heavy (non-hydrogen) atoms. The van der Waals surface area contributed by atoms with Gasteiger partial charge in [-0.25, -0.2) is 0 Å². The highest BCUT2D eigenvalue weighted by Crippen LogP contribution is 2.27. The first-order chi connectivity index (χ1) is 31.9. The molecule has 3 rings (SSSR count). The van der Waals surface area contributed by atoms with Crippen molar-refractivity contribution in [2.24, 2.45) is 22.7 Å². The van der Waals surface area contributed by atoms with Crippen LogP contribution in [0.5, 0.6) is 0 Å². The monoisotopic (exact) mass is 912 g/mol. The number of Topliss-reactive ketones (excluding diaryl/α,β-unsaturated/α-hetero) is 2. The molecule has 3 atom stereocenters. The summed E-state index contributed by atoms with van der Waals surface area (Å²) in [6, 6.07) is 15.4. The molecule has 13 heteroatoms. The number of imide groups is 1. The van der Waals surface area contributed by atoms with Crippen LogP contribution in [-0.2, 0) is 38.3 Å². The van der Waals surface area contributed by atoms with Crippen molar-refractivity contribution in [1.29, 1.82) is 0 Å². The zero-order valence-corrected chi connectivity index (χ0v) is 40.2. The molecule has 13 nitrogen and oxygen atoms in total. The molecule has 1 heterocycles. The molecule has 4 amide bonds. The van der Waals surface area contributed by atoms with Crippen LogP contribution in [0.2, 0.25) is 0 Å². The molecule has 0 aliphatic carbocycles. The number of rotatable bonds is 35. The maximum absolute atomic E-state index is 13.8. The first-order valence-electron chi connectivity index (χ1n) is 24.8. The van der Waals surface area contributed by atoms with E-state index in [1.165, 1.54) is 128 Å². The summed E-state index contributed by atoms with van der Waals surface area (Å²) in [5.74, 6) is -7.40. The second-order valence-corrected chi connectivity index (χ2v) is 17.8. The van der Waals surface area contributed by atoms with Crippen LogP contribution in [0.1, 0.15) is 187 Å². The van der Waals surface area contributed by atoms with E-state index in [1.54, 1.807) is 19.1 Å². The third-order valence-electron chi connectivity index (χ3n) is 12.4. The molecule has 0 saturated carbocycles. The van der Waals surface area contributed by atoms with Crippen molar-refractivity contribution in [2.45, 2.75) is 181 Å². The number of hydrogen-bond donors (Lipinski definition) is 4. The average Bonchev–Trinajstić information content (AvgIpc) is 3.29. The van der Waals surface area contributed by atoms with Crippen LogP contribution < -0.4 is 21.8 Å². The number of primary amides is 1. The van der Waals surface area contributed by atoms with Crippen molar-refractivity contribution in [1.82, 2.24) is 5.32 Å². The second kappa shape index (κ2) is 31.5. The van der Waals surface area contributed by atoms with Gasteiger partial charge < -0.3 is 15.8 Å². The van der Waals surface area contributed by atoms with E-state index in [4.69, 9.17) is 10.5 Å². The molecule has 0 fully saturated rings. The Labute approximate surface area is 393 Å². The lowest BCUT2D eigenvalue weighted by atomic mass is 9.84. The summed E-state index contributed by atoms with van der Waals surface area (Å²) in [6.07, 6.45) is 25.5. The predicted molar refractivity (Wildman–Crippen MR) is 262 cm³/mol. The van der Waals surface area contributed by atoms with Crippen LogP contribution in [-0.4, -0.2) is 53.5 Å². The minimum atomic E-state index is -1.36. The number of carbonyl (C=O) groups excluding carboxylic acids is 7. The Balaban J connectivity index is 1.44. The molecule has 0 spiro atoms. The van der Waals surface area contributed by atoms with Crippen LogP contribution in [0.4, 0.5) is 11.4 Å².